The summed E-state index contributed by atoms with van der Waals surface area (Å²) in [6, 6.07) is 18.3. The average Bonchev–Trinajstić information content (AvgIpc) is 2.93. The van der Waals surface area contributed by atoms with Gasteiger partial charge in [0.2, 0.25) is 10.0 Å². The van der Waals surface area contributed by atoms with Crippen LogP contribution in [0.4, 0.5) is 0 Å². The molecule has 0 N–H and O–H groups in total. The van der Waals surface area contributed by atoms with E-state index in [1.807, 2.05) is 30.3 Å². The summed E-state index contributed by atoms with van der Waals surface area (Å²) in [4.78, 5) is 2.42. The Labute approximate surface area is 150 Å². The second kappa shape index (κ2) is 6.56. The summed E-state index contributed by atoms with van der Waals surface area (Å²) in [5, 5.41) is 0. The molecule has 0 spiro atoms. The molecule has 0 radical (unpaired) electrons. The maximum Gasteiger partial charge on any atom is 0.218 e. The Kier molecular flexibility index (Phi) is 4.40. The molecule has 0 aromatic heterocycles. The predicted octanol–water partition coefficient (Wildman–Crippen LogP) is 2.64. The molecule has 4 nitrogen and oxygen atoms in total. The molecule has 2 unspecified atom stereocenters. The van der Waals surface area contributed by atoms with Gasteiger partial charge in [-0.1, -0.05) is 54.6 Å². The van der Waals surface area contributed by atoms with Crippen molar-refractivity contribution in [3.63, 3.8) is 0 Å². The van der Waals surface area contributed by atoms with Crippen molar-refractivity contribution in [1.29, 1.82) is 0 Å². The van der Waals surface area contributed by atoms with Gasteiger partial charge in [-0.2, -0.15) is 4.31 Å². The van der Waals surface area contributed by atoms with Gasteiger partial charge >= 0.3 is 0 Å². The van der Waals surface area contributed by atoms with Crippen molar-refractivity contribution in [3.05, 3.63) is 71.3 Å². The van der Waals surface area contributed by atoms with Crippen LogP contribution in [0.1, 0.15) is 16.7 Å². The monoisotopic (exact) mass is 356 g/mol. The number of sulfonamides is 1. The maximum atomic E-state index is 12.7. The smallest absolute Gasteiger partial charge is 0.218 e. The Morgan fingerprint density at radius 1 is 0.960 bits per heavy atom. The summed E-state index contributed by atoms with van der Waals surface area (Å²) in [7, 11) is -3.24. The summed E-state index contributed by atoms with van der Waals surface area (Å²) in [5.41, 5.74) is 3.50. The van der Waals surface area contributed by atoms with Crippen LogP contribution < -0.4 is 0 Å². The first-order valence-corrected chi connectivity index (χ1v) is 10.4. The highest BCUT2D eigenvalue weighted by molar-refractivity contribution is 7.88. The first-order valence-electron chi connectivity index (χ1n) is 8.83. The zero-order valence-electron chi connectivity index (χ0n) is 14.5. The fourth-order valence-electron chi connectivity index (χ4n) is 4.00. The predicted molar refractivity (Wildman–Crippen MR) is 99.5 cm³/mol. The normalized spacial score (nSPS) is 24.0. The molecule has 2 heterocycles. The van der Waals surface area contributed by atoms with Crippen LogP contribution in [0.5, 0.6) is 0 Å². The summed E-state index contributed by atoms with van der Waals surface area (Å²) in [6.45, 7) is 5.35. The number of fused-ring (bicyclic) bond motifs is 1. The Hall–Kier alpha value is -1.69. The van der Waals surface area contributed by atoms with E-state index >= 15 is 0 Å². The zero-order valence-corrected chi connectivity index (χ0v) is 15.3. The first-order chi connectivity index (χ1) is 12.0. The van der Waals surface area contributed by atoms with E-state index in [0.29, 0.717) is 25.0 Å². The Morgan fingerprint density at radius 3 is 2.44 bits per heavy atom. The lowest BCUT2D eigenvalue weighted by atomic mass is 9.91. The minimum absolute atomic E-state index is 0.102. The van der Waals surface area contributed by atoms with Gasteiger partial charge in [0.1, 0.15) is 0 Å². The lowest BCUT2D eigenvalue weighted by molar-refractivity contribution is 0.0433. The van der Waals surface area contributed by atoms with Crippen LogP contribution >= 0.6 is 0 Å². The van der Waals surface area contributed by atoms with Crippen molar-refractivity contribution in [3.8, 4) is 0 Å². The molecular weight excluding hydrogens is 332 g/mol. The van der Waals surface area contributed by atoms with Gasteiger partial charge in [0, 0.05) is 38.1 Å². The molecule has 2 atom stereocenters. The molecule has 0 amide bonds. The van der Waals surface area contributed by atoms with Gasteiger partial charge < -0.3 is 0 Å². The van der Waals surface area contributed by atoms with Crippen LogP contribution in [0.2, 0.25) is 0 Å². The van der Waals surface area contributed by atoms with E-state index in [1.165, 1.54) is 11.1 Å². The number of nitrogens with zero attached hydrogens (tertiary/aromatic N) is 2. The second-order valence-corrected chi connectivity index (χ2v) is 9.21. The topological polar surface area (TPSA) is 40.6 Å². The number of hydrogen-bond acceptors (Lipinski definition) is 3. The SMILES string of the molecule is Cc1ccccc1CN1CC2CN(S(=O)(=O)Cc3ccccc3)CC21. The number of rotatable bonds is 5. The summed E-state index contributed by atoms with van der Waals surface area (Å²) < 4.78 is 27.2. The van der Waals surface area contributed by atoms with Gasteiger partial charge in [-0.3, -0.25) is 4.90 Å². The van der Waals surface area contributed by atoms with Gasteiger partial charge in [0.15, 0.2) is 0 Å². The molecule has 2 fully saturated rings. The van der Waals surface area contributed by atoms with Crippen molar-refractivity contribution in [2.45, 2.75) is 25.3 Å². The zero-order chi connectivity index (χ0) is 17.4. The van der Waals surface area contributed by atoms with Gasteiger partial charge in [0.25, 0.3) is 0 Å². The molecule has 132 valence electrons. The quantitative estimate of drug-likeness (QED) is 0.827. The van der Waals surface area contributed by atoms with Crippen LogP contribution in [-0.2, 0) is 22.3 Å². The van der Waals surface area contributed by atoms with Crippen LogP contribution in [0, 0.1) is 12.8 Å². The van der Waals surface area contributed by atoms with E-state index in [1.54, 1.807) is 4.31 Å². The van der Waals surface area contributed by atoms with E-state index in [2.05, 4.69) is 36.1 Å². The number of aryl methyl sites for hydroxylation is 1. The third-order valence-electron chi connectivity index (χ3n) is 5.53. The van der Waals surface area contributed by atoms with E-state index in [0.717, 1.165) is 18.7 Å². The summed E-state index contributed by atoms with van der Waals surface area (Å²) in [5.74, 6) is 0.583. The molecule has 0 aliphatic carbocycles. The van der Waals surface area contributed by atoms with Crippen molar-refractivity contribution < 1.29 is 8.42 Å². The van der Waals surface area contributed by atoms with Gasteiger partial charge in [-0.25, -0.2) is 8.42 Å². The average molecular weight is 356 g/mol. The molecule has 2 aromatic rings. The standard InChI is InChI=1S/C20H24N2O2S/c1-16-7-5-6-10-18(16)11-21-12-19-13-22(14-20(19)21)25(23,24)15-17-8-3-2-4-9-17/h2-10,19-20H,11-15H2,1H3. The highest BCUT2D eigenvalue weighted by Crippen LogP contribution is 2.35. The molecule has 2 aromatic carbocycles. The fourth-order valence-corrected chi connectivity index (χ4v) is 5.59. The second-order valence-electron chi connectivity index (χ2n) is 7.24. The van der Waals surface area contributed by atoms with E-state index in [4.69, 9.17) is 0 Å². The van der Waals surface area contributed by atoms with Crippen LogP contribution in [0.15, 0.2) is 54.6 Å². The lowest BCUT2D eigenvalue weighted by Gasteiger charge is -2.43. The van der Waals surface area contributed by atoms with Crippen molar-refractivity contribution >= 4 is 10.0 Å². The summed E-state index contributed by atoms with van der Waals surface area (Å²) >= 11 is 0. The molecule has 0 saturated carbocycles. The van der Waals surface area contributed by atoms with Gasteiger partial charge in [0.05, 0.1) is 5.75 Å². The van der Waals surface area contributed by atoms with Crippen molar-refractivity contribution in [1.82, 2.24) is 9.21 Å². The number of benzene rings is 2. The van der Waals surface area contributed by atoms with E-state index in [-0.39, 0.29) is 5.75 Å². The van der Waals surface area contributed by atoms with Gasteiger partial charge in [-0.15, -0.1) is 0 Å². The largest absolute Gasteiger partial charge is 0.294 e. The molecular formula is C20H24N2O2S. The molecule has 4 rings (SSSR count). The van der Waals surface area contributed by atoms with Crippen molar-refractivity contribution in [2.24, 2.45) is 5.92 Å². The third kappa shape index (κ3) is 3.36. The van der Waals surface area contributed by atoms with E-state index < -0.39 is 10.0 Å². The highest BCUT2D eigenvalue weighted by atomic mass is 32.2. The van der Waals surface area contributed by atoms with Crippen LogP contribution in [-0.4, -0.2) is 43.3 Å². The van der Waals surface area contributed by atoms with Gasteiger partial charge in [-0.05, 0) is 23.6 Å². The molecule has 0 bridgehead atoms. The Bertz CT molecular complexity index is 851. The fraction of sp³-hybridized carbons (Fsp3) is 0.400. The molecule has 2 saturated heterocycles. The number of likely N-dealkylation sites (tertiary alicyclic amines) is 1. The third-order valence-corrected chi connectivity index (χ3v) is 7.31. The van der Waals surface area contributed by atoms with Crippen LogP contribution in [0.3, 0.4) is 0 Å². The highest BCUT2D eigenvalue weighted by Gasteiger charge is 2.48. The number of hydrogen-bond donors (Lipinski definition) is 0. The molecule has 2 aliphatic rings. The minimum atomic E-state index is -3.24. The minimum Gasteiger partial charge on any atom is -0.294 e. The van der Waals surface area contributed by atoms with Crippen molar-refractivity contribution in [2.75, 3.05) is 19.6 Å². The molecule has 5 heteroatoms. The first kappa shape index (κ1) is 16.8. The molecule has 25 heavy (non-hydrogen) atoms. The van der Waals surface area contributed by atoms with Crippen LogP contribution in [0.25, 0.3) is 0 Å². The Balaban J connectivity index is 1.41. The Morgan fingerprint density at radius 2 is 1.68 bits per heavy atom. The molecule has 2 aliphatic heterocycles. The van der Waals surface area contributed by atoms with E-state index in [9.17, 15) is 8.42 Å². The lowest BCUT2D eigenvalue weighted by Crippen LogP contribution is -2.54. The summed E-state index contributed by atoms with van der Waals surface area (Å²) in [6.07, 6.45) is 0. The maximum absolute atomic E-state index is 12.7.